The van der Waals surface area contributed by atoms with Crippen LogP contribution < -0.4 is 10.1 Å². The lowest BCUT2D eigenvalue weighted by molar-refractivity contribution is -0.111. The maximum Gasteiger partial charge on any atom is 0.248 e. The lowest BCUT2D eigenvalue weighted by atomic mass is 10.2. The average molecular weight is 243 g/mol. The van der Waals surface area contributed by atoms with Gasteiger partial charge in [0.05, 0.1) is 19.0 Å². The first-order chi connectivity index (χ1) is 8.78. The quantitative estimate of drug-likeness (QED) is 0.808. The predicted octanol–water partition coefficient (Wildman–Crippen LogP) is 2.07. The minimum atomic E-state index is -0.209. The van der Waals surface area contributed by atoms with Crippen LogP contribution in [0.4, 0.5) is 5.69 Å². The second kappa shape index (κ2) is 5.67. The molecule has 0 spiro atoms. The van der Waals surface area contributed by atoms with Crippen LogP contribution in [0.3, 0.4) is 0 Å². The van der Waals surface area contributed by atoms with Crippen LogP contribution in [0, 0.1) is 0 Å². The van der Waals surface area contributed by atoms with Crippen LogP contribution in [0.2, 0.25) is 0 Å². The summed E-state index contributed by atoms with van der Waals surface area (Å²) in [5, 5.41) is 9.02. The van der Waals surface area contributed by atoms with Crippen LogP contribution in [0.25, 0.3) is 6.08 Å². The van der Waals surface area contributed by atoms with Gasteiger partial charge < -0.3 is 10.1 Å². The summed E-state index contributed by atoms with van der Waals surface area (Å²) in [6, 6.07) is 7.46. The number of aromatic amines is 1. The van der Waals surface area contributed by atoms with Crippen molar-refractivity contribution < 1.29 is 9.53 Å². The molecule has 0 bridgehead atoms. The molecule has 0 fully saturated rings. The van der Waals surface area contributed by atoms with Gasteiger partial charge >= 0.3 is 0 Å². The fraction of sp³-hybridized carbons (Fsp3) is 0.0769. The monoisotopic (exact) mass is 243 g/mol. The maximum absolute atomic E-state index is 11.6. The molecule has 1 aromatic carbocycles. The summed E-state index contributed by atoms with van der Waals surface area (Å²) in [4.78, 5) is 11.6. The lowest BCUT2D eigenvalue weighted by Crippen LogP contribution is -2.06. The molecule has 0 aliphatic carbocycles. The summed E-state index contributed by atoms with van der Waals surface area (Å²) >= 11 is 0. The molecule has 0 radical (unpaired) electrons. The first-order valence-corrected chi connectivity index (χ1v) is 5.40. The summed E-state index contributed by atoms with van der Waals surface area (Å²) in [6.07, 6.45) is 6.33. The van der Waals surface area contributed by atoms with Gasteiger partial charge in [0, 0.05) is 12.3 Å². The number of amides is 1. The van der Waals surface area contributed by atoms with E-state index in [-0.39, 0.29) is 5.91 Å². The van der Waals surface area contributed by atoms with Gasteiger partial charge in [-0.2, -0.15) is 5.10 Å². The van der Waals surface area contributed by atoms with Crippen molar-refractivity contribution in [2.24, 2.45) is 0 Å². The summed E-state index contributed by atoms with van der Waals surface area (Å²) < 4.78 is 5.10. The molecule has 2 N–H and O–H groups in total. The van der Waals surface area contributed by atoms with Gasteiger partial charge in [-0.05, 0) is 23.8 Å². The fourth-order valence-corrected chi connectivity index (χ4v) is 1.42. The standard InChI is InChI=1S/C13H13N3O2/c1-18-12-4-2-3-10(7-12)5-6-13(17)16-11-8-14-15-9-11/h2-9H,1H3,(H,14,15)(H,16,17). The van der Waals surface area contributed by atoms with Crippen molar-refractivity contribution in [1.82, 2.24) is 10.2 Å². The van der Waals surface area contributed by atoms with Crippen LogP contribution in [0.15, 0.2) is 42.7 Å². The molecule has 1 heterocycles. The first-order valence-electron chi connectivity index (χ1n) is 5.40. The Balaban J connectivity index is 1.99. The molecule has 0 saturated heterocycles. The van der Waals surface area contributed by atoms with E-state index in [0.29, 0.717) is 5.69 Å². The zero-order valence-corrected chi connectivity index (χ0v) is 9.88. The number of nitrogens with one attached hydrogen (secondary N) is 2. The third kappa shape index (κ3) is 3.21. The molecule has 2 aromatic rings. The smallest absolute Gasteiger partial charge is 0.248 e. The minimum absolute atomic E-state index is 0.209. The van der Waals surface area contributed by atoms with E-state index >= 15 is 0 Å². The molecule has 0 aliphatic heterocycles. The largest absolute Gasteiger partial charge is 0.497 e. The van der Waals surface area contributed by atoms with Gasteiger partial charge in [0.25, 0.3) is 0 Å². The van der Waals surface area contributed by atoms with Crippen LogP contribution in [-0.4, -0.2) is 23.2 Å². The van der Waals surface area contributed by atoms with Gasteiger partial charge in [-0.3, -0.25) is 9.89 Å². The highest BCUT2D eigenvalue weighted by Crippen LogP contribution is 2.13. The van der Waals surface area contributed by atoms with E-state index in [1.807, 2.05) is 24.3 Å². The maximum atomic E-state index is 11.6. The van der Waals surface area contributed by atoms with Crippen LogP contribution in [0.5, 0.6) is 5.75 Å². The van der Waals surface area contributed by atoms with E-state index in [1.54, 1.807) is 19.4 Å². The molecule has 92 valence electrons. The molecule has 5 nitrogen and oxygen atoms in total. The van der Waals surface area contributed by atoms with E-state index in [0.717, 1.165) is 11.3 Å². The van der Waals surface area contributed by atoms with Crippen LogP contribution >= 0.6 is 0 Å². The molecular weight excluding hydrogens is 230 g/mol. The third-order valence-electron chi connectivity index (χ3n) is 2.29. The van der Waals surface area contributed by atoms with Crippen molar-refractivity contribution >= 4 is 17.7 Å². The van der Waals surface area contributed by atoms with Crippen molar-refractivity contribution in [2.75, 3.05) is 12.4 Å². The Kier molecular flexibility index (Phi) is 3.76. The molecule has 1 aromatic heterocycles. The van der Waals surface area contributed by atoms with Crippen molar-refractivity contribution in [3.63, 3.8) is 0 Å². The highest BCUT2D eigenvalue weighted by molar-refractivity contribution is 6.01. The Bertz CT molecular complexity index is 547. The summed E-state index contributed by atoms with van der Waals surface area (Å²) in [5.74, 6) is 0.548. The number of aromatic nitrogens is 2. The van der Waals surface area contributed by atoms with Gasteiger partial charge in [-0.25, -0.2) is 0 Å². The average Bonchev–Trinajstić information content (AvgIpc) is 2.89. The van der Waals surface area contributed by atoms with E-state index < -0.39 is 0 Å². The summed E-state index contributed by atoms with van der Waals surface area (Å²) in [6.45, 7) is 0. The zero-order valence-electron chi connectivity index (χ0n) is 9.88. The molecular formula is C13H13N3O2. The van der Waals surface area contributed by atoms with E-state index in [9.17, 15) is 4.79 Å². The Morgan fingerprint density at radius 3 is 3.11 bits per heavy atom. The number of carbonyl (C=O) groups is 1. The number of rotatable bonds is 4. The number of nitrogens with zero attached hydrogens (tertiary/aromatic N) is 1. The molecule has 0 atom stereocenters. The van der Waals surface area contributed by atoms with E-state index in [2.05, 4.69) is 15.5 Å². The molecule has 5 heteroatoms. The molecule has 2 rings (SSSR count). The molecule has 0 unspecified atom stereocenters. The van der Waals surface area contributed by atoms with Crippen molar-refractivity contribution in [1.29, 1.82) is 0 Å². The zero-order chi connectivity index (χ0) is 12.8. The first kappa shape index (κ1) is 11.9. The normalized spacial score (nSPS) is 10.5. The summed E-state index contributed by atoms with van der Waals surface area (Å²) in [7, 11) is 1.61. The number of carbonyl (C=O) groups excluding carboxylic acids is 1. The number of hydrogen-bond acceptors (Lipinski definition) is 3. The number of ether oxygens (including phenoxy) is 1. The van der Waals surface area contributed by atoms with Gasteiger partial charge in [0.15, 0.2) is 0 Å². The SMILES string of the molecule is COc1cccc(C=CC(=O)Nc2cn[nH]c2)c1. The topological polar surface area (TPSA) is 67.0 Å². The fourth-order valence-electron chi connectivity index (χ4n) is 1.42. The summed E-state index contributed by atoms with van der Waals surface area (Å²) in [5.41, 5.74) is 1.53. The lowest BCUT2D eigenvalue weighted by Gasteiger charge is -2.00. The van der Waals surface area contributed by atoms with Gasteiger partial charge in [-0.15, -0.1) is 0 Å². The number of methoxy groups -OCH3 is 1. The predicted molar refractivity (Wildman–Crippen MR) is 69.2 cm³/mol. The van der Waals surface area contributed by atoms with E-state index in [1.165, 1.54) is 12.3 Å². The Morgan fingerprint density at radius 2 is 2.39 bits per heavy atom. The molecule has 0 aliphatic rings. The number of anilines is 1. The number of hydrogen-bond donors (Lipinski definition) is 2. The Hall–Kier alpha value is -2.56. The Labute approximate surface area is 104 Å². The molecule has 0 saturated carbocycles. The molecule has 18 heavy (non-hydrogen) atoms. The van der Waals surface area contributed by atoms with Crippen LogP contribution in [0.1, 0.15) is 5.56 Å². The van der Waals surface area contributed by atoms with Gasteiger partial charge in [0.1, 0.15) is 5.75 Å². The van der Waals surface area contributed by atoms with Crippen molar-refractivity contribution in [2.45, 2.75) is 0 Å². The van der Waals surface area contributed by atoms with Gasteiger partial charge in [0.2, 0.25) is 5.91 Å². The molecule has 1 amide bonds. The van der Waals surface area contributed by atoms with Crippen molar-refractivity contribution in [3.8, 4) is 5.75 Å². The van der Waals surface area contributed by atoms with Crippen molar-refractivity contribution in [3.05, 3.63) is 48.3 Å². The van der Waals surface area contributed by atoms with Gasteiger partial charge in [-0.1, -0.05) is 12.1 Å². The second-order valence-electron chi connectivity index (χ2n) is 3.59. The number of benzene rings is 1. The second-order valence-corrected chi connectivity index (χ2v) is 3.59. The van der Waals surface area contributed by atoms with E-state index in [4.69, 9.17) is 4.74 Å². The highest BCUT2D eigenvalue weighted by atomic mass is 16.5. The minimum Gasteiger partial charge on any atom is -0.497 e. The highest BCUT2D eigenvalue weighted by Gasteiger charge is 1.98. The Morgan fingerprint density at radius 1 is 1.50 bits per heavy atom. The van der Waals surface area contributed by atoms with Crippen LogP contribution in [-0.2, 0) is 4.79 Å². The number of H-pyrrole nitrogens is 1. The third-order valence-corrected chi connectivity index (χ3v) is 2.29.